The molecule has 1 aromatic carbocycles. The molecule has 1 fully saturated rings. The standard InChI is InChI=1S/C21H28N6O3/c1-3-6-22-19-14-20(26-23-15-17-13-16(2)4-5-18(17)28)25-21(24-19)30-12-9-27-7-10-29-11-8-27/h3-6,13-15,28H,7-12H2,1-2H3,(H2,22,24,25,26)/b6-3-,23-15+. The summed E-state index contributed by atoms with van der Waals surface area (Å²) in [5, 5.41) is 17.2. The van der Waals surface area contributed by atoms with E-state index in [0.717, 1.165) is 38.4 Å². The molecule has 30 heavy (non-hydrogen) atoms. The first-order valence-electron chi connectivity index (χ1n) is 9.92. The Balaban J connectivity index is 1.65. The van der Waals surface area contributed by atoms with Crippen molar-refractivity contribution < 1.29 is 14.6 Å². The lowest BCUT2D eigenvalue weighted by atomic mass is 10.1. The third kappa shape index (κ3) is 6.71. The molecule has 0 saturated carbocycles. The van der Waals surface area contributed by atoms with Crippen LogP contribution in [0.5, 0.6) is 11.8 Å². The molecule has 0 bridgehead atoms. The van der Waals surface area contributed by atoms with E-state index in [-0.39, 0.29) is 11.8 Å². The molecule has 0 atom stereocenters. The molecule has 0 amide bonds. The van der Waals surface area contributed by atoms with E-state index in [4.69, 9.17) is 9.47 Å². The van der Waals surface area contributed by atoms with Crippen LogP contribution in [0.25, 0.3) is 0 Å². The SMILES string of the molecule is C/C=C\Nc1cc(N/N=C/c2cc(C)ccc2O)nc(OCCN2CCOCC2)n1. The van der Waals surface area contributed by atoms with Crippen LogP contribution in [0.2, 0.25) is 0 Å². The van der Waals surface area contributed by atoms with Gasteiger partial charge in [0.25, 0.3) is 0 Å². The van der Waals surface area contributed by atoms with Gasteiger partial charge < -0.3 is 19.9 Å². The number of rotatable bonds is 9. The molecule has 160 valence electrons. The van der Waals surface area contributed by atoms with Crippen LogP contribution in [0.4, 0.5) is 11.6 Å². The number of morpholine rings is 1. The molecule has 9 nitrogen and oxygen atoms in total. The first-order valence-corrected chi connectivity index (χ1v) is 9.92. The highest BCUT2D eigenvalue weighted by atomic mass is 16.5. The smallest absolute Gasteiger partial charge is 0.320 e. The second-order valence-electron chi connectivity index (χ2n) is 6.80. The zero-order valence-corrected chi connectivity index (χ0v) is 17.3. The average molecular weight is 412 g/mol. The van der Waals surface area contributed by atoms with E-state index >= 15 is 0 Å². The largest absolute Gasteiger partial charge is 0.507 e. The fourth-order valence-electron chi connectivity index (χ4n) is 2.83. The van der Waals surface area contributed by atoms with E-state index in [2.05, 4.69) is 30.7 Å². The molecule has 2 aromatic rings. The molecule has 0 unspecified atom stereocenters. The Hall–Kier alpha value is -3.17. The highest BCUT2D eigenvalue weighted by Gasteiger charge is 2.11. The number of benzene rings is 1. The molecule has 0 aliphatic carbocycles. The average Bonchev–Trinajstić information content (AvgIpc) is 2.75. The fourth-order valence-corrected chi connectivity index (χ4v) is 2.83. The van der Waals surface area contributed by atoms with Gasteiger partial charge in [-0.25, -0.2) is 0 Å². The Labute approximate surface area is 176 Å². The first kappa shape index (κ1) is 21.5. The molecule has 1 aliphatic rings. The monoisotopic (exact) mass is 412 g/mol. The van der Waals surface area contributed by atoms with E-state index in [1.165, 1.54) is 0 Å². The van der Waals surface area contributed by atoms with Crippen LogP contribution in [0, 0.1) is 6.92 Å². The maximum atomic E-state index is 9.93. The van der Waals surface area contributed by atoms with E-state index in [1.54, 1.807) is 24.5 Å². The second kappa shape index (κ2) is 11.1. The van der Waals surface area contributed by atoms with Crippen molar-refractivity contribution in [2.24, 2.45) is 5.10 Å². The first-order chi connectivity index (χ1) is 14.6. The Kier molecular flexibility index (Phi) is 7.99. The number of hydrogen-bond acceptors (Lipinski definition) is 9. The number of allylic oxidation sites excluding steroid dienone is 1. The zero-order valence-electron chi connectivity index (χ0n) is 17.3. The number of aromatic hydroxyl groups is 1. The summed E-state index contributed by atoms with van der Waals surface area (Å²) < 4.78 is 11.1. The lowest BCUT2D eigenvalue weighted by Gasteiger charge is -2.26. The quantitative estimate of drug-likeness (QED) is 0.426. The summed E-state index contributed by atoms with van der Waals surface area (Å²) in [7, 11) is 0. The van der Waals surface area contributed by atoms with Crippen LogP contribution in [-0.4, -0.2) is 65.6 Å². The number of anilines is 2. The van der Waals surface area contributed by atoms with Crippen molar-refractivity contribution in [1.29, 1.82) is 0 Å². The predicted octanol–water partition coefficient (Wildman–Crippen LogP) is 2.59. The molecular formula is C21H28N6O3. The minimum absolute atomic E-state index is 0.163. The number of aromatic nitrogens is 2. The van der Waals surface area contributed by atoms with Crippen molar-refractivity contribution >= 4 is 17.9 Å². The molecular weight excluding hydrogens is 384 g/mol. The Morgan fingerprint density at radius 2 is 2.03 bits per heavy atom. The van der Waals surface area contributed by atoms with Gasteiger partial charge in [0.2, 0.25) is 0 Å². The van der Waals surface area contributed by atoms with Crippen LogP contribution in [0.15, 0.2) is 41.6 Å². The molecule has 0 spiro atoms. The molecule has 1 aliphatic heterocycles. The summed E-state index contributed by atoms with van der Waals surface area (Å²) in [5.74, 6) is 1.22. The van der Waals surface area contributed by atoms with Crippen LogP contribution in [-0.2, 0) is 4.74 Å². The molecule has 2 heterocycles. The van der Waals surface area contributed by atoms with Gasteiger partial charge in [-0.2, -0.15) is 15.1 Å². The van der Waals surface area contributed by atoms with Crippen molar-refractivity contribution in [3.63, 3.8) is 0 Å². The normalized spacial score (nSPS) is 15.0. The number of phenolic OH excluding ortho intramolecular Hbond substituents is 1. The second-order valence-corrected chi connectivity index (χ2v) is 6.80. The van der Waals surface area contributed by atoms with E-state index in [1.807, 2.05) is 32.1 Å². The van der Waals surface area contributed by atoms with E-state index < -0.39 is 0 Å². The van der Waals surface area contributed by atoms with Crippen LogP contribution in [0.3, 0.4) is 0 Å². The molecule has 3 N–H and O–H groups in total. The van der Waals surface area contributed by atoms with Gasteiger partial charge in [-0.05, 0) is 32.2 Å². The maximum absolute atomic E-state index is 9.93. The molecule has 3 rings (SSSR count). The third-order valence-corrected chi connectivity index (χ3v) is 4.41. The minimum atomic E-state index is 0.163. The fraction of sp³-hybridized carbons (Fsp3) is 0.381. The summed E-state index contributed by atoms with van der Waals surface area (Å²) in [4.78, 5) is 11.0. The van der Waals surface area contributed by atoms with Gasteiger partial charge in [-0.1, -0.05) is 17.7 Å². The van der Waals surface area contributed by atoms with Crippen molar-refractivity contribution in [2.75, 3.05) is 50.2 Å². The van der Waals surface area contributed by atoms with Crippen molar-refractivity contribution in [3.8, 4) is 11.8 Å². The topological polar surface area (TPSA) is 104 Å². The summed E-state index contributed by atoms with van der Waals surface area (Å²) in [6.45, 7) is 8.43. The molecule has 1 saturated heterocycles. The van der Waals surface area contributed by atoms with Gasteiger partial charge in [0.05, 0.1) is 19.4 Å². The number of nitrogens with zero attached hydrogens (tertiary/aromatic N) is 4. The van der Waals surface area contributed by atoms with Crippen molar-refractivity contribution in [3.05, 3.63) is 47.7 Å². The number of phenols is 1. The molecule has 9 heteroatoms. The highest BCUT2D eigenvalue weighted by molar-refractivity contribution is 5.84. The van der Waals surface area contributed by atoms with Crippen molar-refractivity contribution in [1.82, 2.24) is 14.9 Å². The summed E-state index contributed by atoms with van der Waals surface area (Å²) >= 11 is 0. The number of hydrazone groups is 1. The zero-order chi connectivity index (χ0) is 21.2. The minimum Gasteiger partial charge on any atom is -0.507 e. The van der Waals surface area contributed by atoms with Crippen LogP contribution < -0.4 is 15.5 Å². The predicted molar refractivity (Wildman–Crippen MR) is 117 cm³/mol. The van der Waals surface area contributed by atoms with Crippen LogP contribution >= 0.6 is 0 Å². The van der Waals surface area contributed by atoms with Gasteiger partial charge in [0, 0.05) is 31.3 Å². The lowest BCUT2D eigenvalue weighted by molar-refractivity contribution is 0.0317. The number of ether oxygens (including phenoxy) is 2. The van der Waals surface area contributed by atoms with Gasteiger partial charge in [0.1, 0.15) is 18.2 Å². The van der Waals surface area contributed by atoms with E-state index in [0.29, 0.717) is 23.8 Å². The van der Waals surface area contributed by atoms with Gasteiger partial charge in [-0.3, -0.25) is 10.3 Å². The molecule has 0 radical (unpaired) electrons. The van der Waals surface area contributed by atoms with Gasteiger partial charge in [0.15, 0.2) is 5.82 Å². The number of hydrogen-bond donors (Lipinski definition) is 3. The third-order valence-electron chi connectivity index (χ3n) is 4.41. The summed E-state index contributed by atoms with van der Waals surface area (Å²) in [5.41, 5.74) is 4.52. The number of nitrogens with one attached hydrogen (secondary N) is 2. The summed E-state index contributed by atoms with van der Waals surface area (Å²) in [6.07, 6.45) is 5.19. The Morgan fingerprint density at radius 1 is 1.23 bits per heavy atom. The highest BCUT2D eigenvalue weighted by Crippen LogP contribution is 2.18. The molecule has 1 aromatic heterocycles. The van der Waals surface area contributed by atoms with Crippen molar-refractivity contribution in [2.45, 2.75) is 13.8 Å². The maximum Gasteiger partial charge on any atom is 0.320 e. The summed E-state index contributed by atoms with van der Waals surface area (Å²) in [6, 6.07) is 7.31. The number of aryl methyl sites for hydroxylation is 1. The van der Waals surface area contributed by atoms with Crippen LogP contribution in [0.1, 0.15) is 18.1 Å². The van der Waals surface area contributed by atoms with E-state index in [9.17, 15) is 5.11 Å². The van der Waals surface area contributed by atoms with Gasteiger partial charge in [-0.15, -0.1) is 0 Å². The lowest BCUT2D eigenvalue weighted by Crippen LogP contribution is -2.38. The van der Waals surface area contributed by atoms with Gasteiger partial charge >= 0.3 is 6.01 Å². The Morgan fingerprint density at radius 3 is 2.83 bits per heavy atom. The Bertz CT molecular complexity index is 881.